The fraction of sp³-hybridized carbons (Fsp3) is 0.333. The molecule has 0 saturated carbocycles. The van der Waals surface area contributed by atoms with Crippen molar-refractivity contribution in [1.82, 2.24) is 0 Å². The molecule has 0 radical (unpaired) electrons. The quantitative estimate of drug-likeness (QED) is 0.826. The van der Waals surface area contributed by atoms with Crippen LogP contribution in [0.25, 0.3) is 0 Å². The van der Waals surface area contributed by atoms with Crippen molar-refractivity contribution in [2.45, 2.75) is 20.0 Å². The van der Waals surface area contributed by atoms with Crippen molar-refractivity contribution in [2.75, 3.05) is 0 Å². The van der Waals surface area contributed by atoms with E-state index in [9.17, 15) is 4.39 Å². The van der Waals surface area contributed by atoms with Crippen LogP contribution in [0.2, 0.25) is 0 Å². The van der Waals surface area contributed by atoms with Gasteiger partial charge >= 0.3 is 7.12 Å². The lowest BCUT2D eigenvalue weighted by molar-refractivity contribution is 0.241. The van der Waals surface area contributed by atoms with Gasteiger partial charge in [-0.25, -0.2) is 4.39 Å². The highest BCUT2D eigenvalue weighted by Crippen LogP contribution is 2.25. The summed E-state index contributed by atoms with van der Waals surface area (Å²) in [5, 5.41) is 18.1. The lowest BCUT2D eigenvalue weighted by Gasteiger charge is -2.15. The van der Waals surface area contributed by atoms with Gasteiger partial charge in [-0.1, -0.05) is 0 Å². The number of hydrogen-bond donors (Lipinski definition) is 2. The Kier molecular flexibility index (Phi) is 4.13. The smallest absolute Gasteiger partial charge is 0.490 e. The molecule has 0 aliphatic rings. The van der Waals surface area contributed by atoms with Crippen LogP contribution in [0.3, 0.4) is 0 Å². The Hall–Kier alpha value is -0.585. The van der Waals surface area contributed by atoms with Gasteiger partial charge < -0.3 is 14.8 Å². The second-order valence-corrected chi connectivity index (χ2v) is 4.20. The summed E-state index contributed by atoms with van der Waals surface area (Å²) >= 11 is 3.11. The van der Waals surface area contributed by atoms with Gasteiger partial charge in [-0.15, -0.1) is 0 Å². The average Bonchev–Trinajstić information content (AvgIpc) is 2.08. The molecular weight excluding hydrogens is 266 g/mol. The number of hydrogen-bond acceptors (Lipinski definition) is 3. The normalized spacial score (nSPS) is 10.6. The van der Waals surface area contributed by atoms with Crippen LogP contribution in [0.15, 0.2) is 16.6 Å². The predicted octanol–water partition coefficient (Wildman–Crippen LogP) is 1.55. The Balaban J connectivity index is 0. The highest BCUT2D eigenvalue weighted by Gasteiger charge is 2.21. The number of halogens is 2. The first-order valence-corrected chi connectivity index (χ1v) is 5.23. The number of rotatable bonds is 3. The second kappa shape index (κ2) is 4.96. The van der Waals surface area contributed by atoms with Gasteiger partial charge in [0.05, 0.1) is 10.6 Å². The van der Waals surface area contributed by atoms with Crippen LogP contribution in [0.4, 0.5) is 4.39 Å². The maximum Gasteiger partial charge on any atom is 0.492 e. The van der Waals surface area contributed by atoms with E-state index in [4.69, 9.17) is 14.8 Å². The molecule has 0 bridgehead atoms. The number of benzene rings is 1. The summed E-state index contributed by atoms with van der Waals surface area (Å²) < 4.78 is 18.7. The third-order valence-corrected chi connectivity index (χ3v) is 2.26. The minimum atomic E-state index is -1.76. The van der Waals surface area contributed by atoms with Crippen molar-refractivity contribution < 1.29 is 22.0 Å². The Morgan fingerprint density at radius 3 is 2.53 bits per heavy atom. The topological polar surface area (TPSA) is 49.7 Å². The van der Waals surface area contributed by atoms with Gasteiger partial charge in [-0.05, 0) is 41.9 Å². The maximum absolute atomic E-state index is 13.0. The fourth-order valence-corrected chi connectivity index (χ4v) is 1.67. The second-order valence-electron chi connectivity index (χ2n) is 3.35. The van der Waals surface area contributed by atoms with Crippen LogP contribution in [0.5, 0.6) is 5.75 Å². The van der Waals surface area contributed by atoms with Crippen molar-refractivity contribution in [1.29, 1.82) is 0 Å². The zero-order valence-electron chi connectivity index (χ0n) is 8.37. The highest BCUT2D eigenvalue weighted by molar-refractivity contribution is 9.10. The fourth-order valence-electron chi connectivity index (χ4n) is 1.13. The molecule has 0 aliphatic carbocycles. The third kappa shape index (κ3) is 3.19. The molecule has 86 valence electrons. The van der Waals surface area contributed by atoms with Gasteiger partial charge in [0, 0.05) is 8.32 Å². The van der Waals surface area contributed by atoms with E-state index >= 15 is 0 Å². The zero-order chi connectivity index (χ0) is 11.6. The molecule has 0 aliphatic heterocycles. The van der Waals surface area contributed by atoms with Gasteiger partial charge in [0.15, 0.2) is 0 Å². The van der Waals surface area contributed by atoms with E-state index in [0.29, 0.717) is 4.47 Å². The molecule has 0 unspecified atom stereocenters. The first-order chi connectivity index (χ1) is 6.91. The van der Waals surface area contributed by atoms with E-state index in [1.165, 1.54) is 6.07 Å². The van der Waals surface area contributed by atoms with Gasteiger partial charge in [0.1, 0.15) is 11.6 Å². The van der Waals surface area contributed by atoms with E-state index in [1.54, 1.807) is 13.8 Å². The molecule has 15 heavy (non-hydrogen) atoms. The molecule has 0 fully saturated rings. The Bertz CT molecular complexity index is 366. The van der Waals surface area contributed by atoms with Crippen molar-refractivity contribution in [2.24, 2.45) is 0 Å². The SMILES string of the molecule is CC(C)Oc1c(Br)cc(F)cc1B(O)O.[HH].[HH]. The molecule has 0 saturated heterocycles. The molecule has 1 aromatic carbocycles. The largest absolute Gasteiger partial charge is 0.492 e. The van der Waals surface area contributed by atoms with E-state index < -0.39 is 12.9 Å². The van der Waals surface area contributed by atoms with Crippen LogP contribution in [0.1, 0.15) is 16.7 Å². The van der Waals surface area contributed by atoms with Gasteiger partial charge in [0.25, 0.3) is 0 Å². The summed E-state index contributed by atoms with van der Waals surface area (Å²) in [5.74, 6) is -0.303. The zero-order valence-corrected chi connectivity index (χ0v) is 9.95. The van der Waals surface area contributed by atoms with Crippen molar-refractivity contribution in [3.05, 3.63) is 22.4 Å². The third-order valence-electron chi connectivity index (χ3n) is 1.67. The molecule has 0 heterocycles. The summed E-state index contributed by atoms with van der Waals surface area (Å²) in [6.07, 6.45) is -0.135. The summed E-state index contributed by atoms with van der Waals surface area (Å²) in [6, 6.07) is 2.25. The van der Waals surface area contributed by atoms with Crippen LogP contribution < -0.4 is 10.2 Å². The lowest BCUT2D eigenvalue weighted by Crippen LogP contribution is -2.33. The Morgan fingerprint density at radius 2 is 2.07 bits per heavy atom. The molecular formula is C9H15BBrFO3. The first-order valence-electron chi connectivity index (χ1n) is 4.43. The van der Waals surface area contributed by atoms with Crippen molar-refractivity contribution in [3.63, 3.8) is 0 Å². The Morgan fingerprint density at radius 1 is 1.47 bits per heavy atom. The minimum Gasteiger partial charge on any atom is -0.490 e. The van der Waals surface area contributed by atoms with E-state index in [-0.39, 0.29) is 20.2 Å². The first kappa shape index (κ1) is 12.5. The lowest BCUT2D eigenvalue weighted by atomic mass is 9.79. The van der Waals surface area contributed by atoms with Crippen molar-refractivity contribution >= 4 is 28.5 Å². The van der Waals surface area contributed by atoms with Gasteiger partial charge in [-0.2, -0.15) is 0 Å². The predicted molar refractivity (Wildman–Crippen MR) is 63.9 cm³/mol. The van der Waals surface area contributed by atoms with E-state index in [0.717, 1.165) is 6.07 Å². The molecule has 0 spiro atoms. The molecule has 1 aromatic rings. The summed E-state index contributed by atoms with van der Waals surface area (Å²) in [6.45, 7) is 3.59. The molecule has 0 atom stereocenters. The van der Waals surface area contributed by atoms with Crippen LogP contribution in [-0.2, 0) is 0 Å². The van der Waals surface area contributed by atoms with Crippen molar-refractivity contribution in [3.8, 4) is 5.75 Å². The molecule has 0 aromatic heterocycles. The highest BCUT2D eigenvalue weighted by atomic mass is 79.9. The summed E-state index contributed by atoms with van der Waals surface area (Å²) in [4.78, 5) is 0. The molecule has 0 amide bonds. The van der Waals surface area contributed by atoms with Crippen LogP contribution in [0, 0.1) is 5.82 Å². The molecule has 1 rings (SSSR count). The standard InChI is InChI=1S/C9H11BBrFO3.2H2/c1-5(2)15-9-7(10(13)14)3-6(12)4-8(9)11;;/h3-5,13-14H,1-2H3;2*1H. The van der Waals surface area contributed by atoms with Gasteiger partial charge in [-0.3, -0.25) is 0 Å². The van der Waals surface area contributed by atoms with E-state index in [2.05, 4.69) is 15.9 Å². The molecule has 6 heteroatoms. The monoisotopic (exact) mass is 280 g/mol. The minimum absolute atomic E-state index is 0. The molecule has 2 N–H and O–H groups in total. The Labute approximate surface area is 99.1 Å². The summed E-state index contributed by atoms with van der Waals surface area (Å²) in [7, 11) is -1.76. The van der Waals surface area contributed by atoms with Crippen LogP contribution >= 0.6 is 15.9 Å². The van der Waals surface area contributed by atoms with E-state index in [1.807, 2.05) is 0 Å². The maximum atomic E-state index is 13.0. The van der Waals surface area contributed by atoms with Crippen LogP contribution in [-0.4, -0.2) is 23.3 Å². The number of ether oxygens (including phenoxy) is 1. The average molecular weight is 281 g/mol. The van der Waals surface area contributed by atoms with Gasteiger partial charge in [0.2, 0.25) is 0 Å². The summed E-state index contributed by atoms with van der Waals surface area (Å²) in [5.41, 5.74) is 0.00979. The molecule has 3 nitrogen and oxygen atoms in total.